The second-order valence-electron chi connectivity index (χ2n) is 6.63. The van der Waals surface area contributed by atoms with E-state index in [4.69, 9.17) is 9.15 Å². The predicted molar refractivity (Wildman–Crippen MR) is 97.2 cm³/mol. The number of carbonyl (C=O) groups excluding carboxylic acids is 2. The van der Waals surface area contributed by atoms with Crippen molar-refractivity contribution in [3.05, 3.63) is 54.0 Å². The molecule has 0 unspecified atom stereocenters. The molecule has 1 aromatic carbocycles. The molecule has 1 aliphatic heterocycles. The minimum Gasteiger partial charge on any atom is -0.483 e. The van der Waals surface area contributed by atoms with Gasteiger partial charge in [0.05, 0.1) is 6.26 Å². The van der Waals surface area contributed by atoms with Crippen LogP contribution in [0.3, 0.4) is 0 Å². The Labute approximate surface area is 153 Å². The monoisotopic (exact) mass is 356 g/mol. The summed E-state index contributed by atoms with van der Waals surface area (Å²) >= 11 is 0. The summed E-state index contributed by atoms with van der Waals surface area (Å²) in [6, 6.07) is 11.1. The molecular weight excluding hydrogens is 332 g/mol. The fourth-order valence-corrected chi connectivity index (χ4v) is 3.03. The molecule has 0 saturated carbocycles. The zero-order valence-electron chi connectivity index (χ0n) is 15.2. The molecule has 0 atom stereocenters. The third-order valence-electron chi connectivity index (χ3n) is 4.54. The zero-order valence-corrected chi connectivity index (χ0v) is 15.2. The number of furan rings is 1. The largest absolute Gasteiger partial charge is 0.483 e. The van der Waals surface area contributed by atoms with Crippen LogP contribution in [-0.4, -0.2) is 54.4 Å². The van der Waals surface area contributed by atoms with Crippen molar-refractivity contribution in [3.63, 3.8) is 0 Å². The number of para-hydroxylation sites is 1. The van der Waals surface area contributed by atoms with Crippen molar-refractivity contribution >= 4 is 11.8 Å². The number of rotatable bonds is 5. The second-order valence-corrected chi connectivity index (χ2v) is 6.63. The fourth-order valence-electron chi connectivity index (χ4n) is 3.03. The normalized spacial score (nSPS) is 14.6. The molecule has 0 radical (unpaired) electrons. The van der Waals surface area contributed by atoms with Crippen molar-refractivity contribution in [2.75, 3.05) is 32.8 Å². The number of ether oxygens (including phenoxy) is 1. The molecule has 6 heteroatoms. The Morgan fingerprint density at radius 1 is 1.04 bits per heavy atom. The highest BCUT2D eigenvalue weighted by atomic mass is 16.5. The lowest BCUT2D eigenvalue weighted by atomic mass is 10.0. The summed E-state index contributed by atoms with van der Waals surface area (Å²) in [6.45, 7) is 6.19. The molecule has 2 heterocycles. The SMILES string of the molecule is CC(C)c1ccccc1OCC(=O)N1CCN(C(=O)c2ccco2)CC1. The Balaban J connectivity index is 1.51. The van der Waals surface area contributed by atoms with Gasteiger partial charge in [0.25, 0.3) is 11.8 Å². The summed E-state index contributed by atoms with van der Waals surface area (Å²) in [5, 5.41) is 0. The lowest BCUT2D eigenvalue weighted by Crippen LogP contribution is -2.51. The van der Waals surface area contributed by atoms with E-state index in [-0.39, 0.29) is 18.4 Å². The van der Waals surface area contributed by atoms with E-state index in [0.29, 0.717) is 37.9 Å². The topological polar surface area (TPSA) is 63.0 Å². The van der Waals surface area contributed by atoms with Crippen molar-refractivity contribution in [1.82, 2.24) is 9.80 Å². The van der Waals surface area contributed by atoms with Gasteiger partial charge in [0, 0.05) is 26.2 Å². The van der Waals surface area contributed by atoms with Crippen molar-refractivity contribution in [3.8, 4) is 5.75 Å². The number of benzene rings is 1. The molecule has 1 saturated heterocycles. The number of piperazine rings is 1. The van der Waals surface area contributed by atoms with E-state index in [1.807, 2.05) is 24.3 Å². The first-order chi connectivity index (χ1) is 12.6. The van der Waals surface area contributed by atoms with Crippen LogP contribution in [0.2, 0.25) is 0 Å². The van der Waals surface area contributed by atoms with Crippen LogP contribution in [0.25, 0.3) is 0 Å². The summed E-state index contributed by atoms with van der Waals surface area (Å²) < 4.78 is 10.9. The van der Waals surface area contributed by atoms with Crippen LogP contribution in [0, 0.1) is 0 Å². The quantitative estimate of drug-likeness (QED) is 0.826. The van der Waals surface area contributed by atoms with Gasteiger partial charge in [-0.1, -0.05) is 32.0 Å². The van der Waals surface area contributed by atoms with Crippen LogP contribution in [0.1, 0.15) is 35.9 Å². The molecule has 0 bridgehead atoms. The van der Waals surface area contributed by atoms with E-state index in [1.165, 1.54) is 6.26 Å². The van der Waals surface area contributed by atoms with Gasteiger partial charge >= 0.3 is 0 Å². The molecule has 1 fully saturated rings. The molecule has 2 aromatic rings. The van der Waals surface area contributed by atoms with Crippen LogP contribution in [0.5, 0.6) is 5.75 Å². The summed E-state index contributed by atoms with van der Waals surface area (Å²) in [4.78, 5) is 28.1. The van der Waals surface area contributed by atoms with Crippen LogP contribution < -0.4 is 4.74 Å². The van der Waals surface area contributed by atoms with E-state index < -0.39 is 0 Å². The van der Waals surface area contributed by atoms with Gasteiger partial charge in [-0.05, 0) is 29.7 Å². The molecular formula is C20H24N2O4. The number of hydrogen-bond acceptors (Lipinski definition) is 4. The van der Waals surface area contributed by atoms with Crippen molar-refractivity contribution in [2.45, 2.75) is 19.8 Å². The van der Waals surface area contributed by atoms with Gasteiger partial charge in [-0.2, -0.15) is 0 Å². The van der Waals surface area contributed by atoms with Gasteiger partial charge < -0.3 is 19.0 Å². The lowest BCUT2D eigenvalue weighted by Gasteiger charge is -2.34. The van der Waals surface area contributed by atoms with E-state index in [0.717, 1.165) is 11.3 Å². The van der Waals surface area contributed by atoms with Crippen LogP contribution in [0.4, 0.5) is 0 Å². The Morgan fingerprint density at radius 3 is 2.38 bits per heavy atom. The third-order valence-corrected chi connectivity index (χ3v) is 4.54. The number of hydrogen-bond donors (Lipinski definition) is 0. The maximum absolute atomic E-state index is 12.4. The molecule has 0 N–H and O–H groups in total. The molecule has 1 aliphatic rings. The average molecular weight is 356 g/mol. The molecule has 26 heavy (non-hydrogen) atoms. The van der Waals surface area contributed by atoms with E-state index in [1.54, 1.807) is 21.9 Å². The fraction of sp³-hybridized carbons (Fsp3) is 0.400. The summed E-state index contributed by atoms with van der Waals surface area (Å²) in [5.74, 6) is 1.22. The highest BCUT2D eigenvalue weighted by Crippen LogP contribution is 2.25. The van der Waals surface area contributed by atoms with Crippen LogP contribution in [-0.2, 0) is 4.79 Å². The maximum atomic E-state index is 12.4. The minimum atomic E-state index is -0.135. The predicted octanol–water partition coefficient (Wildman–Crippen LogP) is 2.77. The van der Waals surface area contributed by atoms with Gasteiger partial charge in [-0.3, -0.25) is 9.59 Å². The van der Waals surface area contributed by atoms with Gasteiger partial charge in [-0.25, -0.2) is 0 Å². The third kappa shape index (κ3) is 4.07. The molecule has 3 rings (SSSR count). The standard InChI is InChI=1S/C20H24N2O4/c1-15(2)16-6-3-4-7-17(16)26-14-19(23)21-9-11-22(12-10-21)20(24)18-8-5-13-25-18/h3-8,13,15H,9-12,14H2,1-2H3. The van der Waals surface area contributed by atoms with E-state index in [2.05, 4.69) is 13.8 Å². The molecule has 0 aliphatic carbocycles. The minimum absolute atomic E-state index is 0.00979. The first kappa shape index (κ1) is 18.0. The molecule has 1 aromatic heterocycles. The van der Waals surface area contributed by atoms with Crippen molar-refractivity contribution in [1.29, 1.82) is 0 Å². The van der Waals surface area contributed by atoms with E-state index >= 15 is 0 Å². The van der Waals surface area contributed by atoms with Gasteiger partial charge in [0.15, 0.2) is 12.4 Å². The molecule has 2 amide bonds. The maximum Gasteiger partial charge on any atom is 0.289 e. The number of carbonyl (C=O) groups is 2. The molecule has 138 valence electrons. The van der Waals surface area contributed by atoms with Crippen molar-refractivity contribution in [2.24, 2.45) is 0 Å². The van der Waals surface area contributed by atoms with Gasteiger partial charge in [-0.15, -0.1) is 0 Å². The van der Waals surface area contributed by atoms with E-state index in [9.17, 15) is 9.59 Å². The van der Waals surface area contributed by atoms with Crippen molar-refractivity contribution < 1.29 is 18.7 Å². The molecule has 0 spiro atoms. The lowest BCUT2D eigenvalue weighted by molar-refractivity contribution is -0.134. The first-order valence-corrected chi connectivity index (χ1v) is 8.88. The first-order valence-electron chi connectivity index (χ1n) is 8.88. The van der Waals surface area contributed by atoms with Gasteiger partial charge in [0.1, 0.15) is 5.75 Å². The Morgan fingerprint density at radius 2 is 1.73 bits per heavy atom. The highest BCUT2D eigenvalue weighted by molar-refractivity contribution is 5.91. The zero-order chi connectivity index (χ0) is 18.5. The highest BCUT2D eigenvalue weighted by Gasteiger charge is 2.26. The van der Waals surface area contributed by atoms with Crippen LogP contribution >= 0.6 is 0 Å². The smallest absolute Gasteiger partial charge is 0.289 e. The van der Waals surface area contributed by atoms with Gasteiger partial charge in [0.2, 0.25) is 0 Å². The molecule has 6 nitrogen and oxygen atoms in total. The Hall–Kier alpha value is -2.76. The summed E-state index contributed by atoms with van der Waals surface area (Å²) in [7, 11) is 0. The Kier molecular flexibility index (Phi) is 5.61. The Bertz CT molecular complexity index is 747. The van der Waals surface area contributed by atoms with Crippen LogP contribution in [0.15, 0.2) is 47.1 Å². The summed E-state index contributed by atoms with van der Waals surface area (Å²) in [5.41, 5.74) is 1.09. The number of amides is 2. The summed E-state index contributed by atoms with van der Waals surface area (Å²) in [6.07, 6.45) is 1.49. The number of nitrogens with zero attached hydrogens (tertiary/aromatic N) is 2. The average Bonchev–Trinajstić information content (AvgIpc) is 3.20. The second kappa shape index (κ2) is 8.08.